The van der Waals surface area contributed by atoms with E-state index in [4.69, 9.17) is 5.73 Å². The van der Waals surface area contributed by atoms with Crippen LogP contribution in [-0.2, 0) is 9.59 Å². The van der Waals surface area contributed by atoms with Gasteiger partial charge in [-0.1, -0.05) is 19.8 Å². The molecule has 1 atom stereocenters. The Bertz CT molecular complexity index is 570. The number of unbranched alkanes of at least 4 members (excludes halogenated alkanes) is 2. The van der Waals surface area contributed by atoms with Crippen molar-refractivity contribution >= 4 is 23.3 Å². The number of anilines is 1. The zero-order valence-electron chi connectivity index (χ0n) is 15.1. The molecule has 0 aliphatic heterocycles. The Morgan fingerprint density at radius 2 is 1.76 bits per heavy atom. The van der Waals surface area contributed by atoms with Gasteiger partial charge >= 0.3 is 0 Å². The Morgan fingerprint density at radius 1 is 1.08 bits per heavy atom. The lowest BCUT2D eigenvalue weighted by Crippen LogP contribution is -2.43. The molecule has 0 spiro atoms. The van der Waals surface area contributed by atoms with E-state index in [9.17, 15) is 14.4 Å². The summed E-state index contributed by atoms with van der Waals surface area (Å²) in [5.74, 6) is -0.672. The number of carbonyl (C=O) groups is 3. The van der Waals surface area contributed by atoms with Crippen molar-refractivity contribution in [2.24, 2.45) is 5.73 Å². The molecular weight excluding hydrogens is 318 g/mol. The van der Waals surface area contributed by atoms with Gasteiger partial charge in [-0.15, -0.1) is 0 Å². The first kappa shape index (κ1) is 20.7. The third-order valence-electron chi connectivity index (χ3n) is 3.90. The molecule has 4 N–H and O–H groups in total. The quantitative estimate of drug-likeness (QED) is 0.399. The van der Waals surface area contributed by atoms with Gasteiger partial charge in [0.2, 0.25) is 11.8 Å². The van der Waals surface area contributed by atoms with Crippen LogP contribution in [0, 0.1) is 0 Å². The second-order valence-corrected chi connectivity index (χ2v) is 6.18. The number of amides is 2. The zero-order valence-corrected chi connectivity index (χ0v) is 15.1. The average molecular weight is 347 g/mol. The third kappa shape index (κ3) is 8.33. The molecule has 138 valence electrons. The number of carbonyl (C=O) groups excluding carboxylic acids is 3. The molecule has 0 heterocycles. The maximum atomic E-state index is 12.2. The van der Waals surface area contributed by atoms with Crippen molar-refractivity contribution in [1.82, 2.24) is 5.32 Å². The van der Waals surface area contributed by atoms with Crippen LogP contribution in [0.1, 0.15) is 62.7 Å². The monoisotopic (exact) mass is 347 g/mol. The Kier molecular flexibility index (Phi) is 9.29. The van der Waals surface area contributed by atoms with E-state index >= 15 is 0 Å². The Balaban J connectivity index is 2.30. The fourth-order valence-corrected chi connectivity index (χ4v) is 2.53. The van der Waals surface area contributed by atoms with Crippen LogP contribution in [0.3, 0.4) is 0 Å². The Morgan fingerprint density at radius 3 is 2.32 bits per heavy atom. The van der Waals surface area contributed by atoms with Crippen molar-refractivity contribution in [2.75, 3.05) is 11.9 Å². The van der Waals surface area contributed by atoms with Gasteiger partial charge in [0.1, 0.15) is 6.04 Å². The predicted octanol–water partition coefficient (Wildman–Crippen LogP) is 2.63. The number of benzene rings is 1. The van der Waals surface area contributed by atoms with Gasteiger partial charge in [-0.05, 0) is 43.5 Å². The molecule has 0 bridgehead atoms. The topological polar surface area (TPSA) is 101 Å². The van der Waals surface area contributed by atoms with E-state index in [0.29, 0.717) is 12.8 Å². The van der Waals surface area contributed by atoms with Gasteiger partial charge in [-0.2, -0.15) is 0 Å². The van der Waals surface area contributed by atoms with Crippen LogP contribution in [0.4, 0.5) is 5.69 Å². The summed E-state index contributed by atoms with van der Waals surface area (Å²) >= 11 is 0. The summed E-state index contributed by atoms with van der Waals surface area (Å²) in [6, 6.07) is 6.92. The van der Waals surface area contributed by atoms with E-state index in [1.165, 1.54) is 6.92 Å². The summed E-state index contributed by atoms with van der Waals surface area (Å²) in [6.45, 7) is 4.38. The number of primary amides is 1. The molecule has 25 heavy (non-hydrogen) atoms. The molecule has 0 radical (unpaired) electrons. The van der Waals surface area contributed by atoms with Gasteiger partial charge in [-0.3, -0.25) is 14.4 Å². The summed E-state index contributed by atoms with van der Waals surface area (Å²) in [7, 11) is 0. The van der Waals surface area contributed by atoms with E-state index in [0.717, 1.165) is 43.5 Å². The lowest BCUT2D eigenvalue weighted by atomic mass is 10.0. The van der Waals surface area contributed by atoms with Crippen LogP contribution in [0.25, 0.3) is 0 Å². The van der Waals surface area contributed by atoms with Crippen molar-refractivity contribution < 1.29 is 14.4 Å². The van der Waals surface area contributed by atoms with Crippen LogP contribution < -0.4 is 16.4 Å². The molecule has 0 aliphatic carbocycles. The van der Waals surface area contributed by atoms with E-state index in [1.54, 1.807) is 0 Å². The molecule has 1 rings (SSSR count). The molecular formula is C19H29N3O3. The van der Waals surface area contributed by atoms with E-state index < -0.39 is 11.9 Å². The Labute approximate surface area is 149 Å². The first-order valence-corrected chi connectivity index (χ1v) is 8.87. The van der Waals surface area contributed by atoms with Crippen molar-refractivity contribution in [1.29, 1.82) is 0 Å². The number of Topliss-reactive ketones (excluding diaryl/α,β-unsaturated/α-hetero) is 1. The van der Waals surface area contributed by atoms with Crippen LogP contribution >= 0.6 is 0 Å². The highest BCUT2D eigenvalue weighted by molar-refractivity contribution is 5.96. The normalized spacial score (nSPS) is 11.6. The van der Waals surface area contributed by atoms with Gasteiger partial charge in [0.25, 0.3) is 0 Å². The van der Waals surface area contributed by atoms with E-state index in [1.807, 2.05) is 24.3 Å². The summed E-state index contributed by atoms with van der Waals surface area (Å²) in [6.07, 6.45) is 4.33. The van der Waals surface area contributed by atoms with E-state index in [2.05, 4.69) is 17.6 Å². The number of rotatable bonds is 12. The lowest BCUT2D eigenvalue weighted by Gasteiger charge is -2.13. The number of ketones is 1. The number of nitrogens with two attached hydrogens (primary N) is 1. The summed E-state index contributed by atoms with van der Waals surface area (Å²) in [4.78, 5) is 34.4. The van der Waals surface area contributed by atoms with Crippen molar-refractivity contribution in [3.8, 4) is 0 Å². The fourth-order valence-electron chi connectivity index (χ4n) is 2.53. The standard InChI is InChI=1S/C19H29N3O3/c1-3-13-21-16-11-9-15(10-12-16)18(24)8-6-4-5-7-17(19(20)25)22-14(2)23/h9-12,17,21H,3-8,13H2,1-2H3,(H2,20,25)(H,22,23)/t17-/m0/s1. The summed E-state index contributed by atoms with van der Waals surface area (Å²) < 4.78 is 0. The molecule has 0 aliphatic rings. The third-order valence-corrected chi connectivity index (χ3v) is 3.90. The zero-order chi connectivity index (χ0) is 18.7. The van der Waals surface area contributed by atoms with Crippen LogP contribution in [-0.4, -0.2) is 30.2 Å². The molecule has 0 unspecified atom stereocenters. The average Bonchev–Trinajstić information content (AvgIpc) is 2.58. The largest absolute Gasteiger partial charge is 0.385 e. The van der Waals surface area contributed by atoms with Gasteiger partial charge in [0.15, 0.2) is 5.78 Å². The highest BCUT2D eigenvalue weighted by Crippen LogP contribution is 2.14. The molecule has 6 nitrogen and oxygen atoms in total. The molecule has 0 saturated heterocycles. The van der Waals surface area contributed by atoms with Crippen molar-refractivity contribution in [3.05, 3.63) is 29.8 Å². The second-order valence-electron chi connectivity index (χ2n) is 6.18. The minimum Gasteiger partial charge on any atom is -0.385 e. The highest BCUT2D eigenvalue weighted by atomic mass is 16.2. The maximum absolute atomic E-state index is 12.2. The van der Waals surface area contributed by atoms with Gasteiger partial charge in [-0.25, -0.2) is 0 Å². The number of hydrogen-bond acceptors (Lipinski definition) is 4. The second kappa shape index (κ2) is 11.2. The molecule has 6 heteroatoms. The van der Waals surface area contributed by atoms with E-state index in [-0.39, 0.29) is 11.7 Å². The van der Waals surface area contributed by atoms with Crippen LogP contribution in [0.2, 0.25) is 0 Å². The lowest BCUT2D eigenvalue weighted by molar-refractivity contribution is -0.126. The van der Waals surface area contributed by atoms with Crippen LogP contribution in [0.5, 0.6) is 0 Å². The SMILES string of the molecule is CCCNc1ccc(C(=O)CCCCC[C@H](NC(C)=O)C(N)=O)cc1. The maximum Gasteiger partial charge on any atom is 0.239 e. The van der Waals surface area contributed by atoms with Gasteiger partial charge in [0, 0.05) is 31.1 Å². The molecule has 0 saturated carbocycles. The molecule has 1 aromatic rings. The first-order chi connectivity index (χ1) is 11.9. The molecule has 0 fully saturated rings. The van der Waals surface area contributed by atoms with Crippen LogP contribution in [0.15, 0.2) is 24.3 Å². The summed E-state index contributed by atoms with van der Waals surface area (Å²) in [5.41, 5.74) is 6.99. The fraction of sp³-hybridized carbons (Fsp3) is 0.526. The highest BCUT2D eigenvalue weighted by Gasteiger charge is 2.15. The molecule has 1 aromatic carbocycles. The van der Waals surface area contributed by atoms with Gasteiger partial charge in [0.05, 0.1) is 0 Å². The smallest absolute Gasteiger partial charge is 0.239 e. The molecule has 2 amide bonds. The predicted molar refractivity (Wildman–Crippen MR) is 99.4 cm³/mol. The minimum atomic E-state index is -0.628. The minimum absolute atomic E-state index is 0.121. The Hall–Kier alpha value is -2.37. The number of nitrogens with one attached hydrogen (secondary N) is 2. The van der Waals surface area contributed by atoms with Gasteiger partial charge < -0.3 is 16.4 Å². The molecule has 0 aromatic heterocycles. The first-order valence-electron chi connectivity index (χ1n) is 8.87. The van der Waals surface area contributed by atoms with Crippen molar-refractivity contribution in [3.63, 3.8) is 0 Å². The van der Waals surface area contributed by atoms with Crippen molar-refractivity contribution in [2.45, 2.75) is 58.4 Å². The summed E-state index contributed by atoms with van der Waals surface area (Å²) in [5, 5.41) is 5.81. The number of hydrogen-bond donors (Lipinski definition) is 3.